The quantitative estimate of drug-likeness (QED) is 0.301. The number of esters is 1. The molecular weight excluding hydrogens is 500 g/mol. The number of hydrogen-bond donors (Lipinski definition) is 1. The SMILES string of the molecule is C.CC.CC(C)(C)OC(=O)CCOCCN1CCN(c2ccc3c(c2)CN(C2CCC(=O)NC2=O)C3=O)CC1. The first-order valence-corrected chi connectivity index (χ1v) is 13.7. The molecule has 218 valence electrons. The molecule has 1 unspecified atom stereocenters. The number of nitrogens with one attached hydrogen (secondary N) is 1. The highest BCUT2D eigenvalue weighted by Gasteiger charge is 2.39. The van der Waals surface area contributed by atoms with Gasteiger partial charge in [0.25, 0.3) is 5.91 Å². The minimum Gasteiger partial charge on any atom is -0.460 e. The summed E-state index contributed by atoms with van der Waals surface area (Å²) in [6, 6.07) is 5.28. The van der Waals surface area contributed by atoms with Crippen LogP contribution in [0.3, 0.4) is 0 Å². The van der Waals surface area contributed by atoms with Crippen molar-refractivity contribution in [3.63, 3.8) is 0 Å². The number of carbonyl (C=O) groups is 4. The van der Waals surface area contributed by atoms with E-state index in [-0.39, 0.29) is 38.1 Å². The molecule has 3 aliphatic rings. The van der Waals surface area contributed by atoms with Crippen molar-refractivity contribution in [2.45, 2.75) is 79.5 Å². The molecule has 0 spiro atoms. The van der Waals surface area contributed by atoms with E-state index < -0.39 is 17.6 Å². The number of imide groups is 1. The first kappa shape index (κ1) is 32.2. The maximum atomic E-state index is 12.9. The zero-order valence-electron chi connectivity index (χ0n) is 23.4. The maximum absolute atomic E-state index is 12.9. The second-order valence-corrected chi connectivity index (χ2v) is 10.5. The Morgan fingerprint density at radius 1 is 1.05 bits per heavy atom. The van der Waals surface area contributed by atoms with Crippen molar-refractivity contribution in [2.75, 3.05) is 50.8 Å². The van der Waals surface area contributed by atoms with Crippen LogP contribution >= 0.6 is 0 Å². The third-order valence-corrected chi connectivity index (χ3v) is 6.67. The van der Waals surface area contributed by atoms with Crippen molar-refractivity contribution in [1.82, 2.24) is 15.1 Å². The Kier molecular flexibility index (Phi) is 11.9. The fourth-order valence-electron chi connectivity index (χ4n) is 4.83. The smallest absolute Gasteiger partial charge is 0.308 e. The van der Waals surface area contributed by atoms with Gasteiger partial charge in [-0.1, -0.05) is 21.3 Å². The van der Waals surface area contributed by atoms with Crippen LogP contribution in [0.25, 0.3) is 0 Å². The molecule has 0 aliphatic carbocycles. The van der Waals surface area contributed by atoms with E-state index in [4.69, 9.17) is 9.47 Å². The lowest BCUT2D eigenvalue weighted by Gasteiger charge is -2.36. The summed E-state index contributed by atoms with van der Waals surface area (Å²) in [5.74, 6) is -1.07. The zero-order valence-corrected chi connectivity index (χ0v) is 23.4. The summed E-state index contributed by atoms with van der Waals surface area (Å²) in [5, 5.41) is 2.34. The number of anilines is 1. The molecule has 0 aromatic heterocycles. The molecule has 2 fully saturated rings. The van der Waals surface area contributed by atoms with Crippen LogP contribution in [-0.4, -0.2) is 91.1 Å². The van der Waals surface area contributed by atoms with Crippen LogP contribution in [0.4, 0.5) is 5.69 Å². The van der Waals surface area contributed by atoms with Gasteiger partial charge in [0.15, 0.2) is 0 Å². The fourth-order valence-corrected chi connectivity index (χ4v) is 4.83. The maximum Gasteiger partial charge on any atom is 0.308 e. The lowest BCUT2D eigenvalue weighted by atomic mass is 10.0. The Morgan fingerprint density at radius 3 is 2.38 bits per heavy atom. The van der Waals surface area contributed by atoms with E-state index in [9.17, 15) is 19.2 Å². The summed E-state index contributed by atoms with van der Waals surface area (Å²) in [4.78, 5) is 54.6. The largest absolute Gasteiger partial charge is 0.460 e. The first-order valence-electron chi connectivity index (χ1n) is 13.7. The number of piperidine rings is 1. The van der Waals surface area contributed by atoms with Gasteiger partial charge in [0.05, 0.1) is 19.6 Å². The highest BCUT2D eigenvalue weighted by Crippen LogP contribution is 2.31. The van der Waals surface area contributed by atoms with Crippen LogP contribution in [0.5, 0.6) is 0 Å². The van der Waals surface area contributed by atoms with E-state index in [0.29, 0.717) is 31.7 Å². The first-order chi connectivity index (χ1) is 18.1. The highest BCUT2D eigenvalue weighted by molar-refractivity contribution is 6.05. The number of ether oxygens (including phenoxy) is 2. The number of nitrogens with zero attached hydrogens (tertiary/aromatic N) is 3. The van der Waals surface area contributed by atoms with E-state index >= 15 is 0 Å². The number of piperazine rings is 1. The van der Waals surface area contributed by atoms with E-state index in [1.807, 2.05) is 46.8 Å². The Hall–Kier alpha value is -2.98. The third-order valence-electron chi connectivity index (χ3n) is 6.67. The summed E-state index contributed by atoms with van der Waals surface area (Å²) in [6.45, 7) is 15.2. The van der Waals surface area contributed by atoms with Gasteiger partial charge in [-0.2, -0.15) is 0 Å². The second-order valence-electron chi connectivity index (χ2n) is 10.5. The lowest BCUT2D eigenvalue weighted by molar-refractivity contribution is -0.156. The summed E-state index contributed by atoms with van der Waals surface area (Å²) in [5.41, 5.74) is 2.14. The Morgan fingerprint density at radius 2 is 1.74 bits per heavy atom. The molecule has 1 atom stereocenters. The molecular formula is C29H46N4O6. The summed E-state index contributed by atoms with van der Waals surface area (Å²) in [7, 11) is 0. The number of rotatable bonds is 8. The van der Waals surface area contributed by atoms with E-state index in [0.717, 1.165) is 44.0 Å². The average Bonchev–Trinajstić information content (AvgIpc) is 3.20. The summed E-state index contributed by atoms with van der Waals surface area (Å²) >= 11 is 0. The number of amides is 3. The Labute approximate surface area is 233 Å². The van der Waals surface area contributed by atoms with Gasteiger partial charge in [-0.05, 0) is 51.0 Å². The van der Waals surface area contributed by atoms with Crippen LogP contribution in [0.2, 0.25) is 0 Å². The standard InChI is InChI=1S/C26H36N4O6.C2H6.CH4/c1-26(2,3)36-23(32)8-14-35-15-13-28-9-11-29(12-10-28)19-4-5-20-18(16-19)17-30(25(20)34)21-6-7-22(31)27-24(21)33;1-2;/h4-5,16,21H,6-15,17H2,1-3H3,(H,27,31,33);1-2H3;1H4. The molecule has 39 heavy (non-hydrogen) atoms. The molecule has 1 N–H and O–H groups in total. The Bertz CT molecular complexity index is 1010. The molecule has 10 heteroatoms. The van der Waals surface area contributed by atoms with Crippen molar-refractivity contribution in [2.24, 2.45) is 0 Å². The molecule has 3 aliphatic heterocycles. The predicted molar refractivity (Wildman–Crippen MR) is 151 cm³/mol. The van der Waals surface area contributed by atoms with Crippen LogP contribution in [-0.2, 0) is 30.4 Å². The molecule has 2 saturated heterocycles. The molecule has 0 saturated carbocycles. The van der Waals surface area contributed by atoms with E-state index in [1.165, 1.54) is 0 Å². The molecule has 0 radical (unpaired) electrons. The Balaban J connectivity index is 0.00000174. The second kappa shape index (κ2) is 14.4. The summed E-state index contributed by atoms with van der Waals surface area (Å²) in [6.07, 6.45) is 0.873. The number of benzene rings is 1. The van der Waals surface area contributed by atoms with Crippen molar-refractivity contribution in [3.8, 4) is 0 Å². The lowest BCUT2D eigenvalue weighted by Crippen LogP contribution is -2.52. The third kappa shape index (κ3) is 8.76. The molecule has 1 aromatic carbocycles. The van der Waals surface area contributed by atoms with Gasteiger partial charge in [0, 0.05) is 56.9 Å². The van der Waals surface area contributed by atoms with E-state index in [2.05, 4.69) is 21.2 Å². The number of hydrogen-bond acceptors (Lipinski definition) is 8. The van der Waals surface area contributed by atoms with Crippen LogP contribution in [0, 0.1) is 0 Å². The normalized spacial score (nSPS) is 19.5. The topological polar surface area (TPSA) is 108 Å². The number of carbonyl (C=O) groups excluding carboxylic acids is 4. The molecule has 10 nitrogen and oxygen atoms in total. The molecule has 1 aromatic rings. The van der Waals surface area contributed by atoms with Crippen LogP contribution < -0.4 is 10.2 Å². The van der Waals surface area contributed by atoms with Crippen LogP contribution in [0.1, 0.15) is 77.2 Å². The summed E-state index contributed by atoms with van der Waals surface area (Å²) < 4.78 is 10.9. The average molecular weight is 547 g/mol. The van der Waals surface area contributed by atoms with Crippen LogP contribution in [0.15, 0.2) is 18.2 Å². The predicted octanol–water partition coefficient (Wildman–Crippen LogP) is 2.98. The van der Waals surface area contributed by atoms with Gasteiger partial charge in [0.2, 0.25) is 11.8 Å². The molecule has 0 bridgehead atoms. The van der Waals surface area contributed by atoms with Gasteiger partial charge in [0.1, 0.15) is 11.6 Å². The number of fused-ring (bicyclic) bond motifs is 1. The monoisotopic (exact) mass is 546 g/mol. The van der Waals surface area contributed by atoms with Gasteiger partial charge < -0.3 is 19.3 Å². The van der Waals surface area contributed by atoms with Gasteiger partial charge in [-0.15, -0.1) is 0 Å². The highest BCUT2D eigenvalue weighted by atomic mass is 16.6. The van der Waals surface area contributed by atoms with Gasteiger partial charge in [-0.25, -0.2) is 0 Å². The van der Waals surface area contributed by atoms with Crippen molar-refractivity contribution in [1.29, 1.82) is 0 Å². The minimum atomic E-state index is -0.596. The van der Waals surface area contributed by atoms with Crippen molar-refractivity contribution < 1.29 is 28.7 Å². The fraction of sp³-hybridized carbons (Fsp3) is 0.655. The van der Waals surface area contributed by atoms with E-state index in [1.54, 1.807) is 4.90 Å². The van der Waals surface area contributed by atoms with Gasteiger partial charge in [-0.3, -0.25) is 29.4 Å². The van der Waals surface area contributed by atoms with Gasteiger partial charge >= 0.3 is 5.97 Å². The minimum absolute atomic E-state index is 0. The zero-order chi connectivity index (χ0) is 27.9. The molecule has 4 rings (SSSR count). The molecule has 3 heterocycles. The van der Waals surface area contributed by atoms with Crippen molar-refractivity contribution >= 4 is 29.4 Å². The van der Waals surface area contributed by atoms with Crippen molar-refractivity contribution in [3.05, 3.63) is 29.3 Å². The molecule has 3 amide bonds.